The monoisotopic (exact) mass is 166 g/mol. The van der Waals surface area contributed by atoms with E-state index in [2.05, 4.69) is 9.84 Å². The Kier molecular flexibility index (Phi) is 2.63. The molecular formula is C8H10N2O2. The molecule has 1 aromatic rings. The number of aromatic nitrogens is 2. The summed E-state index contributed by atoms with van der Waals surface area (Å²) in [6.45, 7) is 0. The Labute approximate surface area is 70.4 Å². The van der Waals surface area contributed by atoms with Crippen LogP contribution in [0, 0.1) is 0 Å². The molecule has 0 amide bonds. The molecule has 0 atom stereocenters. The number of carbonyl (C=O) groups excluding carboxylic acids is 1. The first-order chi connectivity index (χ1) is 5.72. The molecule has 1 aromatic heterocycles. The van der Waals surface area contributed by atoms with Gasteiger partial charge in [0.15, 0.2) is 0 Å². The Morgan fingerprint density at radius 1 is 1.75 bits per heavy atom. The molecule has 0 unspecified atom stereocenters. The number of ether oxygens (including phenoxy) is 1. The minimum Gasteiger partial charge on any atom is -0.466 e. The van der Waals surface area contributed by atoms with Gasteiger partial charge in [0.2, 0.25) is 0 Å². The fourth-order valence-corrected chi connectivity index (χ4v) is 0.743. The third-order valence-electron chi connectivity index (χ3n) is 1.33. The van der Waals surface area contributed by atoms with Gasteiger partial charge in [-0.3, -0.25) is 4.68 Å². The van der Waals surface area contributed by atoms with Crippen LogP contribution >= 0.6 is 0 Å². The second kappa shape index (κ2) is 3.71. The number of nitrogens with zero attached hydrogens (tertiary/aromatic N) is 2. The lowest BCUT2D eigenvalue weighted by Gasteiger charge is -1.87. The highest BCUT2D eigenvalue weighted by molar-refractivity contribution is 5.86. The molecular weight excluding hydrogens is 156 g/mol. The van der Waals surface area contributed by atoms with E-state index in [1.807, 2.05) is 7.05 Å². The molecule has 64 valence electrons. The lowest BCUT2D eigenvalue weighted by Crippen LogP contribution is -1.93. The van der Waals surface area contributed by atoms with Crippen LogP contribution in [-0.2, 0) is 16.6 Å². The summed E-state index contributed by atoms with van der Waals surface area (Å²) < 4.78 is 6.08. The van der Waals surface area contributed by atoms with Gasteiger partial charge in [0.05, 0.1) is 12.8 Å². The molecule has 4 nitrogen and oxygen atoms in total. The molecule has 0 aliphatic carbocycles. The van der Waals surface area contributed by atoms with E-state index in [9.17, 15) is 4.79 Å². The molecule has 0 aliphatic rings. The zero-order valence-electron chi connectivity index (χ0n) is 7.02. The van der Waals surface area contributed by atoms with E-state index in [0.717, 1.165) is 5.69 Å². The van der Waals surface area contributed by atoms with Crippen LogP contribution in [0.1, 0.15) is 5.69 Å². The summed E-state index contributed by atoms with van der Waals surface area (Å²) in [7, 11) is 3.15. The van der Waals surface area contributed by atoms with Gasteiger partial charge in [-0.05, 0) is 12.1 Å². The molecule has 0 N–H and O–H groups in total. The average molecular weight is 166 g/mol. The standard InChI is InChI=1S/C8H10N2O2/c1-10-6-5-7(9-10)3-4-8(11)12-2/h3-6H,1-2H3. The van der Waals surface area contributed by atoms with E-state index in [0.29, 0.717) is 0 Å². The summed E-state index contributed by atoms with van der Waals surface area (Å²) >= 11 is 0. The first-order valence-electron chi connectivity index (χ1n) is 3.48. The van der Waals surface area contributed by atoms with Gasteiger partial charge in [-0.15, -0.1) is 0 Å². The summed E-state index contributed by atoms with van der Waals surface area (Å²) in [5, 5.41) is 4.04. The van der Waals surface area contributed by atoms with Crippen LogP contribution in [0.2, 0.25) is 0 Å². The molecule has 4 heteroatoms. The highest BCUT2D eigenvalue weighted by Gasteiger charge is 1.93. The zero-order chi connectivity index (χ0) is 8.97. The summed E-state index contributed by atoms with van der Waals surface area (Å²) in [4.78, 5) is 10.6. The fraction of sp³-hybridized carbons (Fsp3) is 0.250. The fourth-order valence-electron chi connectivity index (χ4n) is 0.743. The number of aryl methyl sites for hydroxylation is 1. The molecule has 0 aromatic carbocycles. The topological polar surface area (TPSA) is 44.1 Å². The lowest BCUT2D eigenvalue weighted by atomic mass is 10.4. The van der Waals surface area contributed by atoms with Crippen molar-refractivity contribution < 1.29 is 9.53 Å². The highest BCUT2D eigenvalue weighted by Crippen LogP contribution is 1.96. The number of rotatable bonds is 2. The normalized spacial score (nSPS) is 10.5. The summed E-state index contributed by atoms with van der Waals surface area (Å²) in [5.74, 6) is -0.374. The second-order valence-corrected chi connectivity index (χ2v) is 2.27. The van der Waals surface area contributed by atoms with Crippen molar-refractivity contribution in [3.8, 4) is 0 Å². The number of hydrogen-bond acceptors (Lipinski definition) is 3. The van der Waals surface area contributed by atoms with Crippen LogP contribution in [-0.4, -0.2) is 22.9 Å². The van der Waals surface area contributed by atoms with Crippen LogP contribution in [0.5, 0.6) is 0 Å². The molecule has 1 heterocycles. The molecule has 0 radical (unpaired) electrons. The van der Waals surface area contributed by atoms with Gasteiger partial charge >= 0.3 is 5.97 Å². The number of esters is 1. The number of methoxy groups -OCH3 is 1. The average Bonchev–Trinajstić information content (AvgIpc) is 2.47. The Morgan fingerprint density at radius 3 is 3.00 bits per heavy atom. The van der Waals surface area contributed by atoms with E-state index in [-0.39, 0.29) is 5.97 Å². The van der Waals surface area contributed by atoms with Crippen molar-refractivity contribution in [1.82, 2.24) is 9.78 Å². The third kappa shape index (κ3) is 2.23. The van der Waals surface area contributed by atoms with Crippen molar-refractivity contribution >= 4 is 12.0 Å². The van der Waals surface area contributed by atoms with Gasteiger partial charge < -0.3 is 4.74 Å². The van der Waals surface area contributed by atoms with Crippen molar-refractivity contribution in [2.75, 3.05) is 7.11 Å². The maximum absolute atomic E-state index is 10.6. The van der Waals surface area contributed by atoms with E-state index in [1.165, 1.54) is 13.2 Å². The molecule has 0 saturated carbocycles. The van der Waals surface area contributed by atoms with Crippen LogP contribution < -0.4 is 0 Å². The van der Waals surface area contributed by atoms with Crippen LogP contribution in [0.4, 0.5) is 0 Å². The molecule has 0 bridgehead atoms. The van der Waals surface area contributed by atoms with Crippen LogP contribution in [0.3, 0.4) is 0 Å². The Hall–Kier alpha value is -1.58. The predicted molar refractivity (Wildman–Crippen MR) is 44.3 cm³/mol. The van der Waals surface area contributed by atoms with Crippen LogP contribution in [0.15, 0.2) is 18.3 Å². The van der Waals surface area contributed by atoms with Gasteiger partial charge in [0.25, 0.3) is 0 Å². The Bertz CT molecular complexity index is 302. The van der Waals surface area contributed by atoms with Gasteiger partial charge in [-0.1, -0.05) is 0 Å². The van der Waals surface area contributed by atoms with Crippen molar-refractivity contribution in [2.45, 2.75) is 0 Å². The molecule has 12 heavy (non-hydrogen) atoms. The summed E-state index contributed by atoms with van der Waals surface area (Å²) in [6, 6.07) is 1.80. The minimum atomic E-state index is -0.374. The summed E-state index contributed by atoms with van der Waals surface area (Å²) in [5.41, 5.74) is 0.739. The molecule has 0 fully saturated rings. The van der Waals surface area contributed by atoms with Gasteiger partial charge in [-0.2, -0.15) is 5.10 Å². The van der Waals surface area contributed by atoms with E-state index in [1.54, 1.807) is 23.0 Å². The minimum absolute atomic E-state index is 0.374. The van der Waals surface area contributed by atoms with Gasteiger partial charge in [0.1, 0.15) is 0 Å². The largest absolute Gasteiger partial charge is 0.466 e. The molecule has 1 rings (SSSR count). The van der Waals surface area contributed by atoms with Crippen molar-refractivity contribution in [2.24, 2.45) is 7.05 Å². The van der Waals surface area contributed by atoms with Gasteiger partial charge in [-0.25, -0.2) is 4.79 Å². The van der Waals surface area contributed by atoms with Crippen molar-refractivity contribution in [1.29, 1.82) is 0 Å². The van der Waals surface area contributed by atoms with Gasteiger partial charge in [0, 0.05) is 19.3 Å². The van der Waals surface area contributed by atoms with E-state index < -0.39 is 0 Å². The van der Waals surface area contributed by atoms with E-state index >= 15 is 0 Å². The molecule has 0 spiro atoms. The SMILES string of the molecule is COC(=O)C=Cc1ccn(C)n1. The maximum atomic E-state index is 10.6. The Balaban J connectivity index is 2.63. The zero-order valence-corrected chi connectivity index (χ0v) is 7.02. The maximum Gasteiger partial charge on any atom is 0.330 e. The van der Waals surface area contributed by atoms with Crippen molar-refractivity contribution in [3.63, 3.8) is 0 Å². The lowest BCUT2D eigenvalue weighted by molar-refractivity contribution is -0.134. The number of carbonyl (C=O) groups is 1. The number of hydrogen-bond donors (Lipinski definition) is 0. The molecule has 0 saturated heterocycles. The predicted octanol–water partition coefficient (Wildman–Crippen LogP) is 0.606. The third-order valence-corrected chi connectivity index (χ3v) is 1.33. The molecule has 0 aliphatic heterocycles. The second-order valence-electron chi connectivity index (χ2n) is 2.27. The highest BCUT2D eigenvalue weighted by atomic mass is 16.5. The van der Waals surface area contributed by atoms with Crippen LogP contribution in [0.25, 0.3) is 6.08 Å². The quantitative estimate of drug-likeness (QED) is 0.477. The smallest absolute Gasteiger partial charge is 0.330 e. The van der Waals surface area contributed by atoms with E-state index in [4.69, 9.17) is 0 Å². The summed E-state index contributed by atoms with van der Waals surface area (Å²) in [6.07, 6.45) is 4.74. The Morgan fingerprint density at radius 2 is 2.50 bits per heavy atom. The first kappa shape index (κ1) is 8.52. The van der Waals surface area contributed by atoms with Crippen molar-refractivity contribution in [3.05, 3.63) is 24.0 Å². The first-order valence-corrected chi connectivity index (χ1v) is 3.48.